The summed E-state index contributed by atoms with van der Waals surface area (Å²) in [6.07, 6.45) is 8.57. The van der Waals surface area contributed by atoms with Crippen molar-refractivity contribution in [1.29, 1.82) is 0 Å². The number of fused-ring (bicyclic) bond motifs is 2. The maximum atomic E-state index is 5.68. The molecule has 0 atom stereocenters. The van der Waals surface area contributed by atoms with Gasteiger partial charge in [-0.05, 0) is 55.5 Å². The summed E-state index contributed by atoms with van der Waals surface area (Å²) in [5, 5.41) is 8.27. The number of rotatable bonds is 4. The number of halogens is 2. The molecule has 8 heteroatoms. The molecular formula is C21H27Cl2N5O. The van der Waals surface area contributed by atoms with Gasteiger partial charge in [0, 0.05) is 31.0 Å². The Balaban J connectivity index is 0.00000120. The quantitative estimate of drug-likeness (QED) is 0.679. The molecule has 0 spiro atoms. The minimum absolute atomic E-state index is 0. The minimum atomic E-state index is 0. The molecule has 0 saturated carbocycles. The average Bonchev–Trinajstić information content (AvgIpc) is 3.38. The smallest absolute Gasteiger partial charge is 0.160 e. The monoisotopic (exact) mass is 435 g/mol. The number of nitrogens with zero attached hydrogens (tertiary/aromatic N) is 4. The van der Waals surface area contributed by atoms with Crippen molar-refractivity contribution >= 4 is 24.8 Å². The number of benzene rings is 1. The average molecular weight is 436 g/mol. The van der Waals surface area contributed by atoms with Crippen LogP contribution in [0.15, 0.2) is 30.6 Å². The van der Waals surface area contributed by atoms with E-state index in [-0.39, 0.29) is 24.8 Å². The third kappa shape index (κ3) is 4.15. The first kappa shape index (κ1) is 21.7. The van der Waals surface area contributed by atoms with Crippen LogP contribution in [0.1, 0.15) is 35.2 Å². The zero-order chi connectivity index (χ0) is 18.2. The molecule has 1 N–H and O–H groups in total. The fourth-order valence-electron chi connectivity index (χ4n) is 4.29. The van der Waals surface area contributed by atoms with Gasteiger partial charge in [-0.15, -0.1) is 24.8 Å². The van der Waals surface area contributed by atoms with E-state index < -0.39 is 0 Å². The molecule has 3 heterocycles. The molecule has 0 saturated heterocycles. The summed E-state index contributed by atoms with van der Waals surface area (Å²) in [4.78, 5) is 4.60. The number of ether oxygens (including phenoxy) is 1. The van der Waals surface area contributed by atoms with Crippen LogP contribution in [0.4, 0.5) is 0 Å². The van der Waals surface area contributed by atoms with Crippen LogP contribution in [-0.4, -0.2) is 33.0 Å². The van der Waals surface area contributed by atoms with Gasteiger partial charge in [0.05, 0.1) is 19.3 Å². The zero-order valence-electron chi connectivity index (χ0n) is 16.6. The van der Waals surface area contributed by atoms with Gasteiger partial charge < -0.3 is 14.6 Å². The lowest BCUT2D eigenvalue weighted by Gasteiger charge is -2.13. The van der Waals surface area contributed by atoms with E-state index in [1.807, 2.05) is 12.4 Å². The van der Waals surface area contributed by atoms with E-state index in [0.717, 1.165) is 56.3 Å². The summed E-state index contributed by atoms with van der Waals surface area (Å²) in [7, 11) is 1.76. The lowest BCUT2D eigenvalue weighted by Crippen LogP contribution is -2.11. The van der Waals surface area contributed by atoms with Crippen LogP contribution in [0, 0.1) is 0 Å². The Bertz CT molecular complexity index is 958. The van der Waals surface area contributed by atoms with E-state index in [2.05, 4.69) is 37.7 Å². The molecule has 1 aliphatic heterocycles. The molecule has 2 aromatic heterocycles. The van der Waals surface area contributed by atoms with E-state index in [1.165, 1.54) is 35.2 Å². The Hall–Kier alpha value is -2.02. The van der Waals surface area contributed by atoms with Gasteiger partial charge in [0.25, 0.3) is 0 Å². The molecule has 156 valence electrons. The second-order valence-corrected chi connectivity index (χ2v) is 7.44. The first-order valence-electron chi connectivity index (χ1n) is 9.79. The Kier molecular flexibility index (Phi) is 6.88. The van der Waals surface area contributed by atoms with Crippen molar-refractivity contribution in [3.63, 3.8) is 0 Å². The van der Waals surface area contributed by atoms with Crippen molar-refractivity contribution in [2.75, 3.05) is 13.7 Å². The first-order chi connectivity index (χ1) is 13.3. The van der Waals surface area contributed by atoms with E-state index in [9.17, 15) is 0 Å². The van der Waals surface area contributed by atoms with Crippen LogP contribution in [0.5, 0.6) is 5.75 Å². The van der Waals surface area contributed by atoms with Crippen molar-refractivity contribution in [3.05, 3.63) is 53.0 Å². The van der Waals surface area contributed by atoms with Crippen molar-refractivity contribution in [1.82, 2.24) is 24.6 Å². The summed E-state index contributed by atoms with van der Waals surface area (Å²) in [6.45, 7) is 3.62. The summed E-state index contributed by atoms with van der Waals surface area (Å²) in [5.74, 6) is 1.89. The highest BCUT2D eigenvalue weighted by Gasteiger charge is 2.18. The third-order valence-electron chi connectivity index (χ3n) is 5.67. The van der Waals surface area contributed by atoms with Gasteiger partial charge >= 0.3 is 0 Å². The van der Waals surface area contributed by atoms with E-state index >= 15 is 0 Å². The highest BCUT2D eigenvalue weighted by molar-refractivity contribution is 5.85. The SMILES string of the molecule is COc1cc2c(cc1Cn1ccnc1-c1cc3n(n1)CCCNC3)CCC2.Cl.Cl. The van der Waals surface area contributed by atoms with Crippen molar-refractivity contribution in [3.8, 4) is 17.3 Å². The molecule has 2 aliphatic rings. The lowest BCUT2D eigenvalue weighted by atomic mass is 10.0. The summed E-state index contributed by atoms with van der Waals surface area (Å²) >= 11 is 0. The van der Waals surface area contributed by atoms with Gasteiger partial charge in [-0.25, -0.2) is 4.98 Å². The maximum absolute atomic E-state index is 5.68. The fraction of sp³-hybridized carbons (Fsp3) is 0.429. The molecule has 1 aromatic carbocycles. The van der Waals surface area contributed by atoms with E-state index in [0.29, 0.717) is 0 Å². The van der Waals surface area contributed by atoms with Crippen LogP contribution >= 0.6 is 24.8 Å². The highest BCUT2D eigenvalue weighted by atomic mass is 35.5. The Morgan fingerprint density at radius 1 is 1.10 bits per heavy atom. The summed E-state index contributed by atoms with van der Waals surface area (Å²) < 4.78 is 9.97. The fourth-order valence-corrected chi connectivity index (χ4v) is 4.29. The van der Waals surface area contributed by atoms with Crippen molar-refractivity contribution < 1.29 is 4.74 Å². The van der Waals surface area contributed by atoms with E-state index in [4.69, 9.17) is 9.84 Å². The number of methoxy groups -OCH3 is 1. The molecule has 1 aliphatic carbocycles. The van der Waals surface area contributed by atoms with Gasteiger partial charge in [-0.3, -0.25) is 4.68 Å². The van der Waals surface area contributed by atoms with Gasteiger partial charge in [0.15, 0.2) is 5.82 Å². The standard InChI is InChI=1S/C21H25N5O.2ClH/c1-27-20-11-16-5-2-4-15(16)10-17(20)14-25-9-7-23-21(25)19-12-18-13-22-6-3-8-26(18)24-19;;/h7,9-12,22H,2-6,8,13-14H2,1H3;2*1H. The number of hydrogen-bond donors (Lipinski definition) is 1. The minimum Gasteiger partial charge on any atom is -0.496 e. The number of hydrogen-bond acceptors (Lipinski definition) is 4. The van der Waals surface area contributed by atoms with Crippen molar-refractivity contribution in [2.24, 2.45) is 0 Å². The Morgan fingerprint density at radius 2 is 1.93 bits per heavy atom. The Morgan fingerprint density at radius 3 is 2.76 bits per heavy atom. The molecule has 0 unspecified atom stereocenters. The predicted octanol–water partition coefficient (Wildman–Crippen LogP) is 3.63. The number of aryl methyl sites for hydroxylation is 3. The van der Waals surface area contributed by atoms with Crippen LogP contribution in [-0.2, 0) is 32.5 Å². The molecule has 0 fully saturated rings. The molecule has 0 bridgehead atoms. The number of imidazole rings is 1. The lowest BCUT2D eigenvalue weighted by molar-refractivity contribution is 0.408. The number of nitrogens with one attached hydrogen (secondary N) is 1. The van der Waals surface area contributed by atoms with Gasteiger partial charge in [-0.1, -0.05) is 6.07 Å². The summed E-state index contributed by atoms with van der Waals surface area (Å²) in [5.41, 5.74) is 6.28. The molecular weight excluding hydrogens is 409 g/mol. The van der Waals surface area contributed by atoms with Crippen LogP contribution < -0.4 is 10.1 Å². The molecule has 0 radical (unpaired) electrons. The second kappa shape index (κ2) is 9.20. The second-order valence-electron chi connectivity index (χ2n) is 7.44. The van der Waals surface area contributed by atoms with Gasteiger partial charge in [0.2, 0.25) is 0 Å². The van der Waals surface area contributed by atoms with Gasteiger partial charge in [-0.2, -0.15) is 5.10 Å². The molecule has 29 heavy (non-hydrogen) atoms. The van der Waals surface area contributed by atoms with Crippen LogP contribution in [0.3, 0.4) is 0 Å². The maximum Gasteiger partial charge on any atom is 0.160 e. The number of aromatic nitrogens is 4. The predicted molar refractivity (Wildman–Crippen MR) is 118 cm³/mol. The first-order valence-corrected chi connectivity index (χ1v) is 9.79. The summed E-state index contributed by atoms with van der Waals surface area (Å²) in [6, 6.07) is 6.70. The van der Waals surface area contributed by atoms with E-state index in [1.54, 1.807) is 7.11 Å². The Labute approximate surface area is 183 Å². The van der Waals surface area contributed by atoms with Gasteiger partial charge in [0.1, 0.15) is 11.4 Å². The van der Waals surface area contributed by atoms with Crippen molar-refractivity contribution in [2.45, 2.75) is 45.3 Å². The third-order valence-corrected chi connectivity index (χ3v) is 5.67. The molecule has 0 amide bonds. The molecule has 3 aromatic rings. The zero-order valence-corrected chi connectivity index (χ0v) is 18.2. The molecule has 5 rings (SSSR count). The molecule has 6 nitrogen and oxygen atoms in total. The highest BCUT2D eigenvalue weighted by Crippen LogP contribution is 2.31. The largest absolute Gasteiger partial charge is 0.496 e. The van der Waals surface area contributed by atoms with Crippen LogP contribution in [0.25, 0.3) is 11.5 Å². The van der Waals surface area contributed by atoms with Crippen LogP contribution in [0.2, 0.25) is 0 Å². The normalized spacial score (nSPS) is 14.9. The topological polar surface area (TPSA) is 56.9 Å².